The minimum absolute atomic E-state index is 0.0574. The number of hydrogen-bond acceptors (Lipinski definition) is 5. The average molecular weight is 408 g/mol. The second kappa shape index (κ2) is 7.78. The molecule has 0 aliphatic carbocycles. The molecule has 154 valence electrons. The molecule has 2 aliphatic rings. The maximum atomic E-state index is 14.5. The first kappa shape index (κ1) is 18.6. The Morgan fingerprint density at radius 1 is 1.10 bits per heavy atom. The molecule has 1 aromatic heterocycles. The van der Waals surface area contributed by atoms with E-state index >= 15 is 0 Å². The summed E-state index contributed by atoms with van der Waals surface area (Å²) in [4.78, 5) is 12.7. The number of aromatic nitrogens is 3. The number of nitrogens with zero attached hydrogens (tertiary/aromatic N) is 3. The van der Waals surface area contributed by atoms with Gasteiger partial charge in [-0.1, -0.05) is 18.6 Å². The SMILES string of the molecule is O=C(Nc1cc(-c2nnc3n2CCCCC3)ccc1F)[C@@H]1COc2ccccc2O1. The molecule has 8 heteroatoms. The molecular weight excluding hydrogens is 387 g/mol. The van der Waals surface area contributed by atoms with Gasteiger partial charge in [0.25, 0.3) is 5.91 Å². The van der Waals surface area contributed by atoms with Gasteiger partial charge >= 0.3 is 0 Å². The molecular formula is C22H21FN4O3. The van der Waals surface area contributed by atoms with Crippen molar-refractivity contribution in [1.29, 1.82) is 0 Å². The number of benzene rings is 2. The molecule has 5 rings (SSSR count). The number of halogens is 1. The van der Waals surface area contributed by atoms with Crippen molar-refractivity contribution in [2.75, 3.05) is 11.9 Å². The molecule has 1 atom stereocenters. The molecule has 3 aromatic rings. The lowest BCUT2D eigenvalue weighted by atomic mass is 10.1. The van der Waals surface area contributed by atoms with Crippen molar-refractivity contribution in [2.45, 2.75) is 38.3 Å². The van der Waals surface area contributed by atoms with Gasteiger partial charge in [-0.25, -0.2) is 4.39 Å². The Bertz CT molecular complexity index is 1100. The largest absolute Gasteiger partial charge is 0.485 e. The molecule has 7 nitrogen and oxygen atoms in total. The van der Waals surface area contributed by atoms with E-state index in [9.17, 15) is 9.18 Å². The molecule has 0 spiro atoms. The predicted octanol–water partition coefficient (Wildman–Crippen LogP) is 3.59. The summed E-state index contributed by atoms with van der Waals surface area (Å²) in [6, 6.07) is 11.7. The quantitative estimate of drug-likeness (QED) is 0.717. The molecule has 1 amide bonds. The highest BCUT2D eigenvalue weighted by Gasteiger charge is 2.28. The van der Waals surface area contributed by atoms with Crippen molar-refractivity contribution < 1.29 is 18.7 Å². The summed E-state index contributed by atoms with van der Waals surface area (Å²) in [7, 11) is 0. The third kappa shape index (κ3) is 3.49. The molecule has 0 bridgehead atoms. The first-order valence-electron chi connectivity index (χ1n) is 10.1. The minimum atomic E-state index is -0.868. The fourth-order valence-corrected chi connectivity index (χ4v) is 3.82. The van der Waals surface area contributed by atoms with Crippen LogP contribution in [0.15, 0.2) is 42.5 Å². The van der Waals surface area contributed by atoms with Crippen LogP contribution < -0.4 is 14.8 Å². The van der Waals surface area contributed by atoms with E-state index in [-0.39, 0.29) is 12.3 Å². The van der Waals surface area contributed by atoms with Crippen molar-refractivity contribution in [1.82, 2.24) is 14.8 Å². The molecule has 0 radical (unpaired) electrons. The monoisotopic (exact) mass is 408 g/mol. The Morgan fingerprint density at radius 3 is 2.87 bits per heavy atom. The summed E-state index contributed by atoms with van der Waals surface area (Å²) in [6.45, 7) is 0.894. The fourth-order valence-electron chi connectivity index (χ4n) is 3.82. The van der Waals surface area contributed by atoms with Gasteiger partial charge in [-0.2, -0.15) is 0 Å². The minimum Gasteiger partial charge on any atom is -0.485 e. The molecule has 0 fully saturated rings. The van der Waals surface area contributed by atoms with Crippen LogP contribution in [0.4, 0.5) is 10.1 Å². The van der Waals surface area contributed by atoms with E-state index in [2.05, 4.69) is 20.1 Å². The second-order valence-corrected chi connectivity index (χ2v) is 7.45. The molecule has 1 N–H and O–H groups in total. The van der Waals surface area contributed by atoms with Crippen molar-refractivity contribution in [2.24, 2.45) is 0 Å². The van der Waals surface area contributed by atoms with E-state index < -0.39 is 17.8 Å². The van der Waals surface area contributed by atoms with Crippen LogP contribution in [0.3, 0.4) is 0 Å². The summed E-state index contributed by atoms with van der Waals surface area (Å²) in [6.07, 6.45) is 3.32. The molecule has 0 saturated carbocycles. The number of fused-ring (bicyclic) bond motifs is 2. The first-order valence-corrected chi connectivity index (χ1v) is 10.1. The lowest BCUT2D eigenvalue weighted by Gasteiger charge is -2.25. The number of para-hydroxylation sites is 2. The average Bonchev–Trinajstić information content (AvgIpc) is 3.03. The van der Waals surface area contributed by atoms with Gasteiger partial charge in [-0.05, 0) is 43.2 Å². The van der Waals surface area contributed by atoms with Gasteiger partial charge in [0.1, 0.15) is 18.2 Å². The summed E-state index contributed by atoms with van der Waals surface area (Å²) in [5, 5.41) is 11.2. The van der Waals surface area contributed by atoms with E-state index in [0.717, 1.165) is 38.1 Å². The van der Waals surface area contributed by atoms with Gasteiger partial charge in [0.05, 0.1) is 5.69 Å². The fraction of sp³-hybridized carbons (Fsp3) is 0.318. The van der Waals surface area contributed by atoms with E-state index in [4.69, 9.17) is 9.47 Å². The summed E-state index contributed by atoms with van der Waals surface area (Å²) >= 11 is 0. The van der Waals surface area contributed by atoms with Gasteiger partial charge in [0.2, 0.25) is 6.10 Å². The van der Waals surface area contributed by atoms with E-state index in [1.165, 1.54) is 6.07 Å². The molecule has 2 aromatic carbocycles. The second-order valence-electron chi connectivity index (χ2n) is 7.45. The number of hydrogen-bond donors (Lipinski definition) is 1. The molecule has 2 aliphatic heterocycles. The number of amides is 1. The first-order chi connectivity index (χ1) is 14.7. The van der Waals surface area contributed by atoms with Gasteiger partial charge in [0.15, 0.2) is 17.3 Å². The highest BCUT2D eigenvalue weighted by molar-refractivity contribution is 5.95. The maximum absolute atomic E-state index is 14.5. The standard InChI is InChI=1S/C22H21FN4O3/c23-15-10-9-14(21-26-25-20-8-2-1-5-11-27(20)21)12-16(15)24-22(28)19-13-29-17-6-3-4-7-18(17)30-19/h3-4,6-7,9-10,12,19H,1-2,5,8,11,13H2,(H,24,28)/t19-/m0/s1. The number of anilines is 1. The summed E-state index contributed by atoms with van der Waals surface area (Å²) < 4.78 is 27.8. The van der Waals surface area contributed by atoms with Crippen LogP contribution in [0.5, 0.6) is 11.5 Å². The van der Waals surface area contributed by atoms with Crippen LogP contribution in [-0.2, 0) is 17.8 Å². The third-order valence-electron chi connectivity index (χ3n) is 5.39. The van der Waals surface area contributed by atoms with Crippen LogP contribution in [0, 0.1) is 5.82 Å². The Labute approximate surface area is 172 Å². The van der Waals surface area contributed by atoms with Crippen LogP contribution in [0.2, 0.25) is 0 Å². The lowest BCUT2D eigenvalue weighted by Crippen LogP contribution is -2.40. The highest BCUT2D eigenvalue weighted by Crippen LogP contribution is 2.32. The van der Waals surface area contributed by atoms with Gasteiger partial charge in [0, 0.05) is 18.5 Å². The predicted molar refractivity (Wildman–Crippen MR) is 108 cm³/mol. The number of nitrogens with one attached hydrogen (secondary N) is 1. The summed E-state index contributed by atoms with van der Waals surface area (Å²) in [5.41, 5.74) is 0.782. The zero-order valence-corrected chi connectivity index (χ0v) is 16.3. The van der Waals surface area contributed by atoms with E-state index in [0.29, 0.717) is 22.9 Å². The highest BCUT2D eigenvalue weighted by atomic mass is 19.1. The van der Waals surface area contributed by atoms with Gasteiger partial charge < -0.3 is 19.4 Å². The lowest BCUT2D eigenvalue weighted by molar-refractivity contribution is -0.125. The van der Waals surface area contributed by atoms with Crippen molar-refractivity contribution >= 4 is 11.6 Å². The zero-order valence-electron chi connectivity index (χ0n) is 16.3. The van der Waals surface area contributed by atoms with Crippen molar-refractivity contribution in [3.05, 3.63) is 54.1 Å². The number of rotatable bonds is 3. The van der Waals surface area contributed by atoms with Crippen LogP contribution in [0.1, 0.15) is 25.1 Å². The smallest absolute Gasteiger partial charge is 0.269 e. The van der Waals surface area contributed by atoms with Crippen molar-refractivity contribution in [3.63, 3.8) is 0 Å². The number of aryl methyl sites for hydroxylation is 1. The zero-order chi connectivity index (χ0) is 20.5. The van der Waals surface area contributed by atoms with E-state index in [1.54, 1.807) is 30.3 Å². The van der Waals surface area contributed by atoms with Gasteiger partial charge in [-0.15, -0.1) is 10.2 Å². The Morgan fingerprint density at radius 2 is 1.97 bits per heavy atom. The third-order valence-corrected chi connectivity index (χ3v) is 5.39. The molecule has 3 heterocycles. The Hall–Kier alpha value is -3.42. The van der Waals surface area contributed by atoms with Crippen LogP contribution in [-0.4, -0.2) is 33.4 Å². The molecule has 30 heavy (non-hydrogen) atoms. The number of ether oxygens (including phenoxy) is 2. The number of carbonyl (C=O) groups excluding carboxylic acids is 1. The molecule has 0 unspecified atom stereocenters. The maximum Gasteiger partial charge on any atom is 0.269 e. The molecule has 0 saturated heterocycles. The Balaban J connectivity index is 1.37. The number of carbonyl (C=O) groups is 1. The van der Waals surface area contributed by atoms with Gasteiger partial charge in [-0.3, -0.25) is 4.79 Å². The normalized spacial score (nSPS) is 17.7. The summed E-state index contributed by atoms with van der Waals surface area (Å²) in [5.74, 6) is 1.71. The Kier molecular flexibility index (Phi) is 4.82. The van der Waals surface area contributed by atoms with Crippen LogP contribution in [0.25, 0.3) is 11.4 Å². The van der Waals surface area contributed by atoms with Crippen molar-refractivity contribution in [3.8, 4) is 22.9 Å². The topological polar surface area (TPSA) is 78.3 Å². The van der Waals surface area contributed by atoms with Crippen LogP contribution >= 0.6 is 0 Å². The van der Waals surface area contributed by atoms with E-state index in [1.807, 2.05) is 6.07 Å².